The lowest BCUT2D eigenvalue weighted by Gasteiger charge is -2.34. The molecule has 0 saturated carbocycles. The summed E-state index contributed by atoms with van der Waals surface area (Å²) in [7, 11) is 0. The molecule has 116 valence electrons. The molecule has 1 fully saturated rings. The van der Waals surface area contributed by atoms with Gasteiger partial charge in [0.05, 0.1) is 19.8 Å². The summed E-state index contributed by atoms with van der Waals surface area (Å²) in [6.07, 6.45) is 0.566. The molecule has 1 unspecified atom stereocenters. The van der Waals surface area contributed by atoms with Crippen LogP contribution in [0.25, 0.3) is 0 Å². The zero-order valence-corrected chi connectivity index (χ0v) is 12.6. The standard InChI is InChI=1S/C16H24N2O3/c1-2-21-16(19)17-13-15(18-8-10-20-11-9-18)12-14-6-4-3-5-7-14/h3-7,15H,2,8-13H2,1H3,(H,17,19). The SMILES string of the molecule is CCOC(=O)NCC(Cc1ccccc1)N1CCOCC1. The van der Waals surface area contributed by atoms with Crippen molar-refractivity contribution in [1.82, 2.24) is 10.2 Å². The molecule has 1 aliphatic rings. The van der Waals surface area contributed by atoms with Crippen molar-refractivity contribution in [3.05, 3.63) is 35.9 Å². The van der Waals surface area contributed by atoms with Crippen LogP contribution in [-0.4, -0.2) is 56.5 Å². The highest BCUT2D eigenvalue weighted by atomic mass is 16.5. The molecule has 1 heterocycles. The number of morpholine rings is 1. The smallest absolute Gasteiger partial charge is 0.407 e. The summed E-state index contributed by atoms with van der Waals surface area (Å²) in [5.74, 6) is 0. The van der Waals surface area contributed by atoms with Crippen molar-refractivity contribution in [3.8, 4) is 0 Å². The Balaban J connectivity index is 1.94. The highest BCUT2D eigenvalue weighted by Gasteiger charge is 2.22. The summed E-state index contributed by atoms with van der Waals surface area (Å²) in [6.45, 7) is 6.11. The van der Waals surface area contributed by atoms with Crippen LogP contribution in [0.15, 0.2) is 30.3 Å². The molecule has 1 N–H and O–H groups in total. The van der Waals surface area contributed by atoms with E-state index in [1.165, 1.54) is 5.56 Å². The van der Waals surface area contributed by atoms with Crippen LogP contribution in [0.3, 0.4) is 0 Å². The van der Waals surface area contributed by atoms with Crippen molar-refractivity contribution in [2.45, 2.75) is 19.4 Å². The number of amides is 1. The van der Waals surface area contributed by atoms with E-state index in [0.29, 0.717) is 13.2 Å². The molecule has 1 atom stereocenters. The molecular weight excluding hydrogens is 268 g/mol. The quantitative estimate of drug-likeness (QED) is 0.866. The fraction of sp³-hybridized carbons (Fsp3) is 0.562. The first-order valence-electron chi connectivity index (χ1n) is 7.56. The molecule has 1 saturated heterocycles. The maximum absolute atomic E-state index is 11.5. The molecule has 1 amide bonds. The van der Waals surface area contributed by atoms with Crippen LogP contribution in [0.2, 0.25) is 0 Å². The van der Waals surface area contributed by atoms with Crippen LogP contribution < -0.4 is 5.32 Å². The van der Waals surface area contributed by atoms with E-state index in [1.54, 1.807) is 0 Å². The van der Waals surface area contributed by atoms with Crippen molar-refractivity contribution >= 4 is 6.09 Å². The van der Waals surface area contributed by atoms with Crippen LogP contribution in [0, 0.1) is 0 Å². The van der Waals surface area contributed by atoms with Gasteiger partial charge in [-0.25, -0.2) is 4.79 Å². The highest BCUT2D eigenvalue weighted by molar-refractivity contribution is 5.67. The molecule has 21 heavy (non-hydrogen) atoms. The van der Waals surface area contributed by atoms with Crippen LogP contribution in [0.4, 0.5) is 4.79 Å². The average Bonchev–Trinajstić information content (AvgIpc) is 2.53. The van der Waals surface area contributed by atoms with Gasteiger partial charge in [0.15, 0.2) is 0 Å². The Morgan fingerprint density at radius 3 is 2.71 bits per heavy atom. The first-order chi connectivity index (χ1) is 10.3. The second kappa shape index (κ2) is 8.64. The van der Waals surface area contributed by atoms with Crippen LogP contribution in [0.1, 0.15) is 12.5 Å². The van der Waals surface area contributed by atoms with Gasteiger partial charge in [0, 0.05) is 25.7 Å². The van der Waals surface area contributed by atoms with Gasteiger partial charge in [-0.15, -0.1) is 0 Å². The number of carbonyl (C=O) groups excluding carboxylic acids is 1. The normalized spacial score (nSPS) is 17.2. The zero-order chi connectivity index (χ0) is 14.9. The lowest BCUT2D eigenvalue weighted by Crippen LogP contribution is -2.49. The summed E-state index contributed by atoms with van der Waals surface area (Å²) in [6, 6.07) is 10.6. The second-order valence-corrected chi connectivity index (χ2v) is 5.09. The molecule has 0 aliphatic carbocycles. The number of hydrogen-bond donors (Lipinski definition) is 1. The maximum Gasteiger partial charge on any atom is 0.407 e. The number of benzene rings is 1. The Morgan fingerprint density at radius 2 is 2.05 bits per heavy atom. The minimum atomic E-state index is -0.344. The second-order valence-electron chi connectivity index (χ2n) is 5.09. The van der Waals surface area contributed by atoms with Crippen molar-refractivity contribution < 1.29 is 14.3 Å². The van der Waals surface area contributed by atoms with Crippen molar-refractivity contribution in [2.24, 2.45) is 0 Å². The van der Waals surface area contributed by atoms with Crippen LogP contribution >= 0.6 is 0 Å². The van der Waals surface area contributed by atoms with E-state index in [0.717, 1.165) is 32.7 Å². The Labute approximate surface area is 126 Å². The van der Waals surface area contributed by atoms with Crippen LogP contribution in [0.5, 0.6) is 0 Å². The largest absolute Gasteiger partial charge is 0.450 e. The number of nitrogens with zero attached hydrogens (tertiary/aromatic N) is 1. The van der Waals surface area contributed by atoms with Gasteiger partial charge < -0.3 is 14.8 Å². The summed E-state index contributed by atoms with van der Waals surface area (Å²) in [5.41, 5.74) is 1.28. The number of nitrogens with one attached hydrogen (secondary N) is 1. The molecule has 1 aliphatic heterocycles. The molecule has 0 bridgehead atoms. The molecule has 0 radical (unpaired) electrons. The molecule has 5 nitrogen and oxygen atoms in total. The summed E-state index contributed by atoms with van der Waals surface area (Å²) < 4.78 is 10.3. The molecular formula is C16H24N2O3. The molecule has 5 heteroatoms. The van der Waals surface area contributed by atoms with Crippen molar-refractivity contribution in [1.29, 1.82) is 0 Å². The van der Waals surface area contributed by atoms with E-state index >= 15 is 0 Å². The van der Waals surface area contributed by atoms with Crippen molar-refractivity contribution in [3.63, 3.8) is 0 Å². The average molecular weight is 292 g/mol. The van der Waals surface area contributed by atoms with Gasteiger partial charge in [0.25, 0.3) is 0 Å². The number of ether oxygens (including phenoxy) is 2. The summed E-state index contributed by atoms with van der Waals surface area (Å²) in [5, 5.41) is 2.86. The topological polar surface area (TPSA) is 50.8 Å². The number of hydrogen-bond acceptors (Lipinski definition) is 4. The Kier molecular flexibility index (Phi) is 6.50. The first-order valence-corrected chi connectivity index (χ1v) is 7.56. The van der Waals surface area contributed by atoms with Gasteiger partial charge in [0.1, 0.15) is 0 Å². The summed E-state index contributed by atoms with van der Waals surface area (Å²) in [4.78, 5) is 13.9. The number of rotatable bonds is 6. The van der Waals surface area contributed by atoms with Gasteiger partial charge >= 0.3 is 6.09 Å². The number of carbonyl (C=O) groups is 1. The van der Waals surface area contributed by atoms with E-state index in [4.69, 9.17) is 9.47 Å². The molecule has 0 spiro atoms. The third kappa shape index (κ3) is 5.36. The summed E-state index contributed by atoms with van der Waals surface area (Å²) >= 11 is 0. The lowest BCUT2D eigenvalue weighted by atomic mass is 10.0. The Hall–Kier alpha value is -1.59. The van der Waals surface area contributed by atoms with Gasteiger partial charge in [-0.1, -0.05) is 30.3 Å². The van der Waals surface area contributed by atoms with Gasteiger partial charge in [-0.3, -0.25) is 4.90 Å². The maximum atomic E-state index is 11.5. The zero-order valence-electron chi connectivity index (χ0n) is 12.6. The Bertz CT molecular complexity index is 419. The van der Waals surface area contributed by atoms with E-state index in [9.17, 15) is 4.79 Å². The minimum Gasteiger partial charge on any atom is -0.450 e. The third-order valence-corrected chi connectivity index (χ3v) is 3.63. The first kappa shape index (κ1) is 15.8. The Morgan fingerprint density at radius 1 is 1.33 bits per heavy atom. The fourth-order valence-corrected chi connectivity index (χ4v) is 2.54. The lowest BCUT2D eigenvalue weighted by molar-refractivity contribution is 0.0166. The molecule has 2 rings (SSSR count). The van der Waals surface area contributed by atoms with E-state index in [1.807, 2.05) is 25.1 Å². The van der Waals surface area contributed by atoms with Crippen LogP contribution in [-0.2, 0) is 15.9 Å². The van der Waals surface area contributed by atoms with Gasteiger partial charge in [-0.2, -0.15) is 0 Å². The minimum absolute atomic E-state index is 0.265. The van der Waals surface area contributed by atoms with E-state index < -0.39 is 0 Å². The molecule has 1 aromatic rings. The van der Waals surface area contributed by atoms with Gasteiger partial charge in [0.2, 0.25) is 0 Å². The predicted molar refractivity (Wildman–Crippen MR) is 81.4 cm³/mol. The van der Waals surface area contributed by atoms with E-state index in [2.05, 4.69) is 22.3 Å². The molecule has 0 aromatic heterocycles. The van der Waals surface area contributed by atoms with E-state index in [-0.39, 0.29) is 12.1 Å². The third-order valence-electron chi connectivity index (χ3n) is 3.63. The highest BCUT2D eigenvalue weighted by Crippen LogP contribution is 2.11. The van der Waals surface area contributed by atoms with Gasteiger partial charge in [-0.05, 0) is 18.9 Å². The fourth-order valence-electron chi connectivity index (χ4n) is 2.54. The molecule has 1 aromatic carbocycles. The monoisotopic (exact) mass is 292 g/mol. The predicted octanol–water partition coefficient (Wildman–Crippen LogP) is 1.68. The number of alkyl carbamates (subject to hydrolysis) is 1. The van der Waals surface area contributed by atoms with Crippen molar-refractivity contribution in [2.75, 3.05) is 39.5 Å².